The van der Waals surface area contributed by atoms with E-state index in [1.54, 1.807) is 6.92 Å². The Balaban J connectivity index is 2.34. The zero-order chi connectivity index (χ0) is 25.7. The largest absolute Gasteiger partial charge is 0.350 e. The van der Waals surface area contributed by atoms with Crippen molar-refractivity contribution < 1.29 is 18.0 Å². The SMILES string of the molecule is CC(C(=O)NC(C)(C)C)N(CCc1ccccc1)C(=O)CN(c1ccc(Cl)c(Cl)c1)S(C)(=O)=O. The Hall–Kier alpha value is -2.29. The molecule has 0 aliphatic heterocycles. The van der Waals surface area contributed by atoms with Crippen molar-refractivity contribution in [3.05, 3.63) is 64.1 Å². The number of nitrogens with zero attached hydrogens (tertiary/aromatic N) is 2. The lowest BCUT2D eigenvalue weighted by Gasteiger charge is -2.33. The summed E-state index contributed by atoms with van der Waals surface area (Å²) in [6.45, 7) is 6.93. The molecule has 7 nitrogen and oxygen atoms in total. The minimum absolute atomic E-state index is 0.166. The maximum absolute atomic E-state index is 13.4. The molecule has 1 atom stereocenters. The summed E-state index contributed by atoms with van der Waals surface area (Å²) in [6.07, 6.45) is 1.51. The molecule has 2 rings (SSSR count). The third kappa shape index (κ3) is 8.18. The van der Waals surface area contributed by atoms with Crippen LogP contribution in [0.1, 0.15) is 33.3 Å². The van der Waals surface area contributed by atoms with Crippen molar-refractivity contribution in [2.24, 2.45) is 0 Å². The fourth-order valence-electron chi connectivity index (χ4n) is 3.30. The molecular formula is C24H31Cl2N3O4S. The van der Waals surface area contributed by atoms with Gasteiger partial charge in [0.1, 0.15) is 12.6 Å². The van der Waals surface area contributed by atoms with Crippen LogP contribution in [-0.4, -0.2) is 56.1 Å². The summed E-state index contributed by atoms with van der Waals surface area (Å²) >= 11 is 12.0. The molecule has 10 heteroatoms. The van der Waals surface area contributed by atoms with Crippen LogP contribution in [0.25, 0.3) is 0 Å². The number of carbonyl (C=O) groups excluding carboxylic acids is 2. The molecule has 0 radical (unpaired) electrons. The van der Waals surface area contributed by atoms with E-state index < -0.39 is 34.1 Å². The summed E-state index contributed by atoms with van der Waals surface area (Å²) in [6, 6.07) is 13.1. The molecule has 2 aromatic carbocycles. The lowest BCUT2D eigenvalue weighted by molar-refractivity contribution is -0.139. The molecule has 34 heavy (non-hydrogen) atoms. The Morgan fingerprint density at radius 2 is 1.65 bits per heavy atom. The van der Waals surface area contributed by atoms with Crippen LogP contribution >= 0.6 is 23.2 Å². The highest BCUT2D eigenvalue weighted by molar-refractivity contribution is 7.92. The first kappa shape index (κ1) is 28.0. The molecule has 2 aromatic rings. The van der Waals surface area contributed by atoms with E-state index >= 15 is 0 Å². The molecule has 1 unspecified atom stereocenters. The predicted molar refractivity (Wildman–Crippen MR) is 138 cm³/mol. The van der Waals surface area contributed by atoms with E-state index in [-0.39, 0.29) is 28.2 Å². The summed E-state index contributed by atoms with van der Waals surface area (Å²) in [5.74, 6) is -0.835. The Kier molecular flexibility index (Phi) is 9.39. The molecule has 0 aliphatic rings. The van der Waals surface area contributed by atoms with E-state index in [4.69, 9.17) is 23.2 Å². The third-order valence-electron chi connectivity index (χ3n) is 5.02. The van der Waals surface area contributed by atoms with E-state index in [0.717, 1.165) is 16.1 Å². The third-order valence-corrected chi connectivity index (χ3v) is 6.90. The number of benzene rings is 2. The van der Waals surface area contributed by atoms with Gasteiger partial charge in [0, 0.05) is 12.1 Å². The maximum atomic E-state index is 13.4. The van der Waals surface area contributed by atoms with E-state index in [1.165, 1.54) is 23.1 Å². The molecule has 0 aromatic heterocycles. The first-order valence-corrected chi connectivity index (χ1v) is 13.4. The van der Waals surface area contributed by atoms with Crippen LogP contribution in [0.4, 0.5) is 5.69 Å². The average Bonchev–Trinajstić information content (AvgIpc) is 2.72. The minimum Gasteiger partial charge on any atom is -0.350 e. The van der Waals surface area contributed by atoms with Gasteiger partial charge in [-0.2, -0.15) is 0 Å². The number of hydrogen-bond donors (Lipinski definition) is 1. The predicted octanol–water partition coefficient (Wildman–Crippen LogP) is 4.13. The molecule has 2 amide bonds. The maximum Gasteiger partial charge on any atom is 0.244 e. The lowest BCUT2D eigenvalue weighted by atomic mass is 10.1. The fraction of sp³-hybridized carbons (Fsp3) is 0.417. The fourth-order valence-corrected chi connectivity index (χ4v) is 4.43. The molecule has 0 bridgehead atoms. The minimum atomic E-state index is -3.83. The van der Waals surface area contributed by atoms with Gasteiger partial charge in [-0.05, 0) is 57.9 Å². The van der Waals surface area contributed by atoms with Crippen LogP contribution in [0.2, 0.25) is 10.0 Å². The Morgan fingerprint density at radius 1 is 1.03 bits per heavy atom. The van der Waals surface area contributed by atoms with Crippen molar-refractivity contribution in [3.8, 4) is 0 Å². The van der Waals surface area contributed by atoms with Crippen molar-refractivity contribution in [1.29, 1.82) is 0 Å². The summed E-state index contributed by atoms with van der Waals surface area (Å²) in [5.41, 5.74) is 0.714. The molecule has 1 N–H and O–H groups in total. The van der Waals surface area contributed by atoms with Gasteiger partial charge in [0.2, 0.25) is 21.8 Å². The molecule has 0 saturated heterocycles. The highest BCUT2D eigenvalue weighted by Crippen LogP contribution is 2.28. The average molecular weight is 529 g/mol. The lowest BCUT2D eigenvalue weighted by Crippen LogP contribution is -2.55. The van der Waals surface area contributed by atoms with Gasteiger partial charge >= 0.3 is 0 Å². The summed E-state index contributed by atoms with van der Waals surface area (Å²) in [7, 11) is -3.83. The van der Waals surface area contributed by atoms with Crippen LogP contribution in [0.15, 0.2) is 48.5 Å². The second-order valence-corrected chi connectivity index (χ2v) is 11.8. The number of halogens is 2. The zero-order valence-electron chi connectivity index (χ0n) is 20.0. The normalized spacial score (nSPS) is 12.7. The Bertz CT molecular complexity index is 1120. The van der Waals surface area contributed by atoms with Crippen molar-refractivity contribution in [2.45, 2.75) is 45.7 Å². The summed E-state index contributed by atoms with van der Waals surface area (Å²) < 4.78 is 26.1. The van der Waals surface area contributed by atoms with Crippen LogP contribution < -0.4 is 9.62 Å². The zero-order valence-corrected chi connectivity index (χ0v) is 22.3. The number of nitrogens with one attached hydrogen (secondary N) is 1. The highest BCUT2D eigenvalue weighted by Gasteiger charge is 2.31. The molecule has 0 heterocycles. The number of hydrogen-bond acceptors (Lipinski definition) is 4. The summed E-state index contributed by atoms with van der Waals surface area (Å²) in [4.78, 5) is 27.7. The van der Waals surface area contributed by atoms with Gasteiger partial charge in [0.05, 0.1) is 22.0 Å². The van der Waals surface area contributed by atoms with Gasteiger partial charge in [-0.15, -0.1) is 0 Å². The Labute approximate surface area is 212 Å². The van der Waals surface area contributed by atoms with Gasteiger partial charge in [-0.3, -0.25) is 13.9 Å². The standard InChI is InChI=1S/C24H31Cl2N3O4S/c1-17(23(31)27-24(2,3)4)28(14-13-18-9-7-6-8-10-18)22(30)16-29(34(5,32)33)19-11-12-20(25)21(26)15-19/h6-12,15,17H,13-14,16H2,1-5H3,(H,27,31). The van der Waals surface area contributed by atoms with E-state index in [1.807, 2.05) is 51.1 Å². The molecule has 0 saturated carbocycles. The van der Waals surface area contributed by atoms with Crippen LogP contribution in [-0.2, 0) is 26.0 Å². The van der Waals surface area contributed by atoms with Crippen molar-refractivity contribution in [3.63, 3.8) is 0 Å². The van der Waals surface area contributed by atoms with E-state index in [0.29, 0.717) is 6.42 Å². The topological polar surface area (TPSA) is 86.8 Å². The second kappa shape index (κ2) is 11.4. The number of sulfonamides is 1. The number of rotatable bonds is 9. The quantitative estimate of drug-likeness (QED) is 0.530. The van der Waals surface area contributed by atoms with Crippen molar-refractivity contribution in [2.75, 3.05) is 23.7 Å². The highest BCUT2D eigenvalue weighted by atomic mass is 35.5. The van der Waals surface area contributed by atoms with Gasteiger partial charge in [0.15, 0.2) is 0 Å². The van der Waals surface area contributed by atoms with Crippen LogP contribution in [0.3, 0.4) is 0 Å². The molecule has 0 aliphatic carbocycles. The number of anilines is 1. The molecule has 186 valence electrons. The first-order valence-electron chi connectivity index (χ1n) is 10.8. The monoisotopic (exact) mass is 527 g/mol. The van der Waals surface area contributed by atoms with Gasteiger partial charge in [-0.1, -0.05) is 53.5 Å². The van der Waals surface area contributed by atoms with Gasteiger partial charge < -0.3 is 10.2 Å². The van der Waals surface area contributed by atoms with Crippen molar-refractivity contribution in [1.82, 2.24) is 10.2 Å². The van der Waals surface area contributed by atoms with Crippen LogP contribution in [0.5, 0.6) is 0 Å². The molecule has 0 spiro atoms. The molecular weight excluding hydrogens is 497 g/mol. The molecule has 0 fully saturated rings. The van der Waals surface area contributed by atoms with Gasteiger partial charge in [0.25, 0.3) is 0 Å². The first-order chi connectivity index (χ1) is 15.7. The Morgan fingerprint density at radius 3 is 2.18 bits per heavy atom. The second-order valence-electron chi connectivity index (χ2n) is 9.11. The van der Waals surface area contributed by atoms with Crippen molar-refractivity contribution >= 4 is 50.7 Å². The smallest absolute Gasteiger partial charge is 0.244 e. The number of carbonyl (C=O) groups is 2. The summed E-state index contributed by atoms with van der Waals surface area (Å²) in [5, 5.41) is 3.32. The van der Waals surface area contributed by atoms with E-state index in [2.05, 4.69) is 5.32 Å². The van der Waals surface area contributed by atoms with Gasteiger partial charge in [-0.25, -0.2) is 8.42 Å². The van der Waals surface area contributed by atoms with E-state index in [9.17, 15) is 18.0 Å². The number of amides is 2. The van der Waals surface area contributed by atoms with Crippen LogP contribution in [0, 0.1) is 0 Å².